The van der Waals surface area contributed by atoms with Gasteiger partial charge in [-0.1, -0.05) is 6.07 Å². The molecular weight excluding hydrogens is 428 g/mol. The highest BCUT2D eigenvalue weighted by atomic mass is 32.2. The summed E-state index contributed by atoms with van der Waals surface area (Å²) in [6.45, 7) is 2.47. The van der Waals surface area contributed by atoms with Crippen molar-refractivity contribution in [2.24, 2.45) is 0 Å². The van der Waals surface area contributed by atoms with Gasteiger partial charge in [0.2, 0.25) is 10.0 Å². The number of ether oxygens (including phenoxy) is 1. The molecule has 2 aromatic rings. The minimum absolute atomic E-state index is 0.0642. The normalized spacial score (nSPS) is 14.9. The molecule has 0 bridgehead atoms. The summed E-state index contributed by atoms with van der Waals surface area (Å²) >= 11 is 0. The number of hydroxylamine groups is 1. The van der Waals surface area contributed by atoms with E-state index >= 15 is 0 Å². The van der Waals surface area contributed by atoms with Crippen molar-refractivity contribution in [3.05, 3.63) is 57.6 Å². The number of benzene rings is 2. The fourth-order valence-corrected chi connectivity index (χ4v) is 5.10. The molecule has 0 saturated carbocycles. The number of methoxy groups -OCH3 is 1. The molecule has 0 unspecified atom stereocenters. The van der Waals surface area contributed by atoms with E-state index in [0.717, 1.165) is 11.6 Å². The summed E-state index contributed by atoms with van der Waals surface area (Å²) in [7, 11) is -2.41. The van der Waals surface area contributed by atoms with Crippen LogP contribution >= 0.6 is 0 Å². The number of carbonyl (C=O) groups is 1. The predicted octanol–water partition coefficient (Wildman–Crippen LogP) is 1.54. The van der Waals surface area contributed by atoms with Gasteiger partial charge in [-0.15, -0.1) is 0 Å². The van der Waals surface area contributed by atoms with Crippen molar-refractivity contribution >= 4 is 27.3 Å². The molecule has 1 heterocycles. The van der Waals surface area contributed by atoms with E-state index in [4.69, 9.17) is 9.94 Å². The molecule has 0 aromatic heterocycles. The fourth-order valence-electron chi connectivity index (χ4n) is 3.44. The lowest BCUT2D eigenvalue weighted by Gasteiger charge is -2.35. The van der Waals surface area contributed by atoms with Crippen molar-refractivity contribution < 1.29 is 28.1 Å². The number of aryl methyl sites for hydroxylation is 1. The van der Waals surface area contributed by atoms with Gasteiger partial charge in [-0.2, -0.15) is 4.31 Å². The van der Waals surface area contributed by atoms with Crippen LogP contribution in [0, 0.1) is 17.0 Å². The molecule has 2 aromatic carbocycles. The quantitative estimate of drug-likeness (QED) is 0.383. The molecule has 12 heteroatoms. The number of amides is 1. The van der Waals surface area contributed by atoms with Crippen LogP contribution < -0.4 is 15.1 Å². The molecule has 0 aliphatic carbocycles. The minimum Gasteiger partial charge on any atom is -0.495 e. The van der Waals surface area contributed by atoms with Gasteiger partial charge in [-0.05, 0) is 36.8 Å². The maximum Gasteiger partial charge on any atom is 0.293 e. The Morgan fingerprint density at radius 3 is 2.42 bits per heavy atom. The topological polar surface area (TPSA) is 142 Å². The van der Waals surface area contributed by atoms with Gasteiger partial charge in [0.05, 0.1) is 12.0 Å². The van der Waals surface area contributed by atoms with Gasteiger partial charge >= 0.3 is 0 Å². The van der Waals surface area contributed by atoms with Crippen LogP contribution in [-0.2, 0) is 10.0 Å². The Balaban J connectivity index is 1.83. The zero-order valence-electron chi connectivity index (χ0n) is 16.9. The highest BCUT2D eigenvalue weighted by Crippen LogP contribution is 2.32. The molecular formula is C19H22N4O7S. The lowest BCUT2D eigenvalue weighted by Crippen LogP contribution is -2.48. The first-order valence-corrected chi connectivity index (χ1v) is 10.8. The van der Waals surface area contributed by atoms with Gasteiger partial charge in [0, 0.05) is 37.8 Å². The first-order valence-electron chi connectivity index (χ1n) is 9.31. The number of sulfonamides is 1. The number of piperazine rings is 1. The summed E-state index contributed by atoms with van der Waals surface area (Å²) < 4.78 is 32.8. The van der Waals surface area contributed by atoms with E-state index in [1.807, 2.05) is 0 Å². The smallest absolute Gasteiger partial charge is 0.293 e. The molecule has 0 atom stereocenters. The Morgan fingerprint density at radius 1 is 1.16 bits per heavy atom. The van der Waals surface area contributed by atoms with Crippen molar-refractivity contribution in [3.63, 3.8) is 0 Å². The van der Waals surface area contributed by atoms with E-state index < -0.39 is 20.9 Å². The van der Waals surface area contributed by atoms with Crippen molar-refractivity contribution in [1.29, 1.82) is 0 Å². The van der Waals surface area contributed by atoms with Gasteiger partial charge in [-0.3, -0.25) is 20.1 Å². The first kappa shape index (κ1) is 22.5. The molecule has 1 fully saturated rings. The average Bonchev–Trinajstić information content (AvgIpc) is 2.78. The van der Waals surface area contributed by atoms with E-state index in [-0.39, 0.29) is 53.8 Å². The van der Waals surface area contributed by atoms with Gasteiger partial charge in [-0.25, -0.2) is 13.9 Å². The number of hydrogen-bond acceptors (Lipinski definition) is 8. The molecule has 1 saturated heterocycles. The number of nitro groups is 1. The summed E-state index contributed by atoms with van der Waals surface area (Å²) in [6, 6.07) is 8.75. The van der Waals surface area contributed by atoms with E-state index in [0.29, 0.717) is 0 Å². The zero-order chi connectivity index (χ0) is 22.8. The Bertz CT molecular complexity index is 1110. The summed E-state index contributed by atoms with van der Waals surface area (Å²) in [4.78, 5) is 24.2. The number of nitro benzene ring substituents is 1. The van der Waals surface area contributed by atoms with Crippen molar-refractivity contribution in [1.82, 2.24) is 9.79 Å². The SMILES string of the molecule is COc1ccc(C)cc1S(=O)(=O)N1CCN(c2ccc(C(=O)NO)cc2[N+](=O)[O-])CC1. The van der Waals surface area contributed by atoms with Crippen LogP contribution in [0.2, 0.25) is 0 Å². The average molecular weight is 450 g/mol. The minimum atomic E-state index is -3.81. The Hall–Kier alpha value is -3.22. The summed E-state index contributed by atoms with van der Waals surface area (Å²) in [6.07, 6.45) is 0. The summed E-state index contributed by atoms with van der Waals surface area (Å²) in [5.74, 6) is -0.612. The molecule has 2 N–H and O–H groups in total. The lowest BCUT2D eigenvalue weighted by atomic mass is 10.1. The van der Waals surface area contributed by atoms with E-state index in [1.54, 1.807) is 30.0 Å². The molecule has 3 rings (SSSR count). The third kappa shape index (κ3) is 4.45. The van der Waals surface area contributed by atoms with Gasteiger partial charge in [0.1, 0.15) is 16.3 Å². The Morgan fingerprint density at radius 2 is 1.84 bits per heavy atom. The number of nitrogens with zero attached hydrogens (tertiary/aromatic N) is 3. The first-order chi connectivity index (χ1) is 14.7. The van der Waals surface area contributed by atoms with Crippen molar-refractivity contribution in [2.75, 3.05) is 38.2 Å². The van der Waals surface area contributed by atoms with Crippen molar-refractivity contribution in [2.45, 2.75) is 11.8 Å². The van der Waals surface area contributed by atoms with Crippen LogP contribution in [0.25, 0.3) is 0 Å². The van der Waals surface area contributed by atoms with Crippen LogP contribution in [0.1, 0.15) is 15.9 Å². The molecule has 166 valence electrons. The standard InChI is InChI=1S/C19H22N4O7S/c1-13-3-6-17(30-2)18(11-13)31(28,29)22-9-7-21(8-10-22)15-5-4-14(19(24)20-25)12-16(15)23(26)27/h3-6,11-12,25H,7-10H2,1-2H3,(H,20,24). The van der Waals surface area contributed by atoms with Crippen LogP contribution in [0.15, 0.2) is 41.3 Å². The molecule has 1 aliphatic rings. The van der Waals surface area contributed by atoms with E-state index in [2.05, 4.69) is 0 Å². The van der Waals surface area contributed by atoms with Crippen LogP contribution in [0.5, 0.6) is 5.75 Å². The van der Waals surface area contributed by atoms with E-state index in [9.17, 15) is 23.3 Å². The number of hydrogen-bond donors (Lipinski definition) is 2. The third-order valence-electron chi connectivity index (χ3n) is 5.05. The Labute approximate surface area is 179 Å². The second-order valence-corrected chi connectivity index (χ2v) is 8.85. The molecule has 1 aliphatic heterocycles. The maximum absolute atomic E-state index is 13.1. The molecule has 0 spiro atoms. The Kier molecular flexibility index (Phi) is 6.43. The third-order valence-corrected chi connectivity index (χ3v) is 6.97. The number of rotatable bonds is 6. The highest BCUT2D eigenvalue weighted by Gasteiger charge is 2.32. The molecule has 31 heavy (non-hydrogen) atoms. The van der Waals surface area contributed by atoms with Crippen molar-refractivity contribution in [3.8, 4) is 5.75 Å². The van der Waals surface area contributed by atoms with Crippen LogP contribution in [0.4, 0.5) is 11.4 Å². The van der Waals surface area contributed by atoms with Gasteiger partial charge in [0.15, 0.2) is 0 Å². The molecule has 11 nitrogen and oxygen atoms in total. The molecule has 1 amide bonds. The second kappa shape index (κ2) is 8.88. The predicted molar refractivity (Wildman–Crippen MR) is 111 cm³/mol. The number of nitrogens with one attached hydrogen (secondary N) is 1. The van der Waals surface area contributed by atoms with E-state index in [1.165, 1.54) is 29.0 Å². The number of anilines is 1. The largest absolute Gasteiger partial charge is 0.495 e. The molecule has 0 radical (unpaired) electrons. The zero-order valence-corrected chi connectivity index (χ0v) is 17.8. The summed E-state index contributed by atoms with van der Waals surface area (Å²) in [5, 5.41) is 20.2. The van der Waals surface area contributed by atoms with Gasteiger partial charge < -0.3 is 9.64 Å². The fraction of sp³-hybridized carbons (Fsp3) is 0.316. The lowest BCUT2D eigenvalue weighted by molar-refractivity contribution is -0.384. The highest BCUT2D eigenvalue weighted by molar-refractivity contribution is 7.89. The number of carbonyl (C=O) groups excluding carboxylic acids is 1. The second-order valence-electron chi connectivity index (χ2n) is 6.95. The summed E-state index contributed by atoms with van der Waals surface area (Å²) in [5.41, 5.74) is 2.11. The van der Waals surface area contributed by atoms with Crippen LogP contribution in [0.3, 0.4) is 0 Å². The maximum atomic E-state index is 13.1. The van der Waals surface area contributed by atoms with Gasteiger partial charge in [0.25, 0.3) is 11.6 Å². The van der Waals surface area contributed by atoms with Crippen LogP contribution in [-0.4, -0.2) is 62.0 Å². The monoisotopic (exact) mass is 450 g/mol.